The van der Waals surface area contributed by atoms with Crippen LogP contribution in [0.15, 0.2) is 53.1 Å². The molecule has 7 heteroatoms. The molecule has 0 spiro atoms. The molecule has 0 N–H and O–H groups in total. The van der Waals surface area contributed by atoms with Gasteiger partial charge in [-0.2, -0.15) is 0 Å². The number of hydrogen-bond donors (Lipinski definition) is 0. The molecule has 26 heavy (non-hydrogen) atoms. The molecule has 0 amide bonds. The molecule has 1 aromatic heterocycles. The minimum Gasteiger partial charge on any atom is -0.497 e. The van der Waals surface area contributed by atoms with Gasteiger partial charge in [-0.05, 0) is 42.5 Å². The summed E-state index contributed by atoms with van der Waals surface area (Å²) < 4.78 is 26.3. The maximum atomic E-state index is 12.1. The molecule has 2 heterocycles. The van der Waals surface area contributed by atoms with Crippen molar-refractivity contribution in [3.05, 3.63) is 59.8 Å². The number of esters is 1. The molecular weight excluding hydrogens is 338 g/mol. The molecule has 0 atom stereocenters. The summed E-state index contributed by atoms with van der Waals surface area (Å²) in [6.45, 7) is 0.223. The second kappa shape index (κ2) is 6.79. The van der Waals surface area contributed by atoms with Gasteiger partial charge in [0.1, 0.15) is 18.1 Å². The standard InChI is InChI=1S/C19H15NO6/c1-22-15-5-2-12(3-6-15)19(21)23-10-14-9-17(26-20-14)13-4-7-16-18(8-13)25-11-24-16/h2-9H,10-11H2,1H3. The number of carbonyl (C=O) groups excluding carboxylic acids is 1. The van der Waals surface area contributed by atoms with Gasteiger partial charge in [-0.3, -0.25) is 0 Å². The van der Waals surface area contributed by atoms with Crippen LogP contribution in [0.25, 0.3) is 11.3 Å². The molecule has 1 aliphatic rings. The Balaban J connectivity index is 1.41. The van der Waals surface area contributed by atoms with E-state index in [1.165, 1.54) is 0 Å². The van der Waals surface area contributed by atoms with Gasteiger partial charge >= 0.3 is 5.97 Å². The lowest BCUT2D eigenvalue weighted by Gasteiger charge is -2.03. The van der Waals surface area contributed by atoms with Crippen LogP contribution in [0.5, 0.6) is 17.2 Å². The first kappa shape index (κ1) is 16.0. The zero-order valence-electron chi connectivity index (χ0n) is 13.9. The Kier molecular flexibility index (Phi) is 4.18. The van der Waals surface area contributed by atoms with Gasteiger partial charge in [-0.25, -0.2) is 4.79 Å². The van der Waals surface area contributed by atoms with E-state index in [4.69, 9.17) is 23.5 Å². The number of ether oxygens (including phenoxy) is 4. The number of fused-ring (bicyclic) bond motifs is 1. The molecule has 1 aliphatic heterocycles. The maximum absolute atomic E-state index is 12.1. The smallest absolute Gasteiger partial charge is 0.338 e. The lowest BCUT2D eigenvalue weighted by molar-refractivity contribution is 0.0464. The average molecular weight is 353 g/mol. The SMILES string of the molecule is COc1ccc(C(=O)OCc2cc(-c3ccc4c(c3)OCO4)on2)cc1. The molecule has 0 unspecified atom stereocenters. The number of carbonyl (C=O) groups is 1. The average Bonchev–Trinajstić information content (AvgIpc) is 3.34. The van der Waals surface area contributed by atoms with Crippen molar-refractivity contribution < 1.29 is 28.3 Å². The molecule has 132 valence electrons. The first-order chi connectivity index (χ1) is 12.7. The van der Waals surface area contributed by atoms with Crippen molar-refractivity contribution in [3.8, 4) is 28.6 Å². The fourth-order valence-corrected chi connectivity index (χ4v) is 2.52. The summed E-state index contributed by atoms with van der Waals surface area (Å²) >= 11 is 0. The Hall–Kier alpha value is -3.48. The van der Waals surface area contributed by atoms with Crippen LogP contribution in [-0.2, 0) is 11.3 Å². The van der Waals surface area contributed by atoms with Crippen molar-refractivity contribution in [2.45, 2.75) is 6.61 Å². The number of benzene rings is 2. The quantitative estimate of drug-likeness (QED) is 0.650. The van der Waals surface area contributed by atoms with Gasteiger partial charge in [0.25, 0.3) is 0 Å². The van der Waals surface area contributed by atoms with Gasteiger partial charge in [0, 0.05) is 11.6 Å². The molecule has 0 radical (unpaired) electrons. The second-order valence-electron chi connectivity index (χ2n) is 5.56. The van der Waals surface area contributed by atoms with Crippen LogP contribution in [0.4, 0.5) is 0 Å². The fraction of sp³-hybridized carbons (Fsp3) is 0.158. The van der Waals surface area contributed by atoms with E-state index in [2.05, 4.69) is 5.16 Å². The van der Waals surface area contributed by atoms with Crippen LogP contribution >= 0.6 is 0 Å². The molecule has 0 saturated heterocycles. The predicted octanol–water partition coefficient (Wildman–Crippen LogP) is 3.44. The lowest BCUT2D eigenvalue weighted by atomic mass is 10.1. The molecule has 4 rings (SSSR count). The van der Waals surface area contributed by atoms with Crippen LogP contribution in [-0.4, -0.2) is 25.0 Å². The highest BCUT2D eigenvalue weighted by molar-refractivity contribution is 5.89. The van der Waals surface area contributed by atoms with Crippen molar-refractivity contribution >= 4 is 5.97 Å². The van der Waals surface area contributed by atoms with E-state index in [1.807, 2.05) is 18.2 Å². The van der Waals surface area contributed by atoms with Crippen LogP contribution in [0, 0.1) is 0 Å². The van der Waals surface area contributed by atoms with Gasteiger partial charge in [0.05, 0.1) is 12.7 Å². The summed E-state index contributed by atoms with van der Waals surface area (Å²) in [5.74, 6) is 2.14. The molecule has 7 nitrogen and oxygen atoms in total. The Bertz CT molecular complexity index is 931. The summed E-state index contributed by atoms with van der Waals surface area (Å²) in [5, 5.41) is 3.93. The Labute approximate surface area is 149 Å². The summed E-state index contributed by atoms with van der Waals surface area (Å²) in [4.78, 5) is 12.1. The van der Waals surface area contributed by atoms with Crippen LogP contribution in [0.2, 0.25) is 0 Å². The number of hydrogen-bond acceptors (Lipinski definition) is 7. The number of methoxy groups -OCH3 is 1. The largest absolute Gasteiger partial charge is 0.497 e. The summed E-state index contributed by atoms with van der Waals surface area (Å²) in [7, 11) is 1.57. The van der Waals surface area contributed by atoms with E-state index < -0.39 is 5.97 Å². The number of aromatic nitrogens is 1. The topological polar surface area (TPSA) is 80.0 Å². The molecular formula is C19H15NO6. The third-order valence-electron chi connectivity index (χ3n) is 3.89. The number of nitrogens with zero attached hydrogens (tertiary/aromatic N) is 1. The third-order valence-corrected chi connectivity index (χ3v) is 3.89. The summed E-state index contributed by atoms with van der Waals surface area (Å²) in [5.41, 5.74) is 1.75. The zero-order valence-corrected chi connectivity index (χ0v) is 13.9. The minimum atomic E-state index is -0.444. The summed E-state index contributed by atoms with van der Waals surface area (Å²) in [6.07, 6.45) is 0. The molecule has 0 aliphatic carbocycles. The molecule has 3 aromatic rings. The van der Waals surface area contributed by atoms with E-state index in [0.29, 0.717) is 34.3 Å². The fourth-order valence-electron chi connectivity index (χ4n) is 2.52. The number of rotatable bonds is 5. The molecule has 2 aromatic carbocycles. The Morgan fingerprint density at radius 1 is 1.08 bits per heavy atom. The highest BCUT2D eigenvalue weighted by Gasteiger charge is 2.16. The van der Waals surface area contributed by atoms with Gasteiger partial charge in [-0.1, -0.05) is 5.16 Å². The van der Waals surface area contributed by atoms with E-state index in [-0.39, 0.29) is 13.4 Å². The Morgan fingerprint density at radius 2 is 1.88 bits per heavy atom. The minimum absolute atomic E-state index is 0.0128. The van der Waals surface area contributed by atoms with Crippen molar-refractivity contribution in [1.82, 2.24) is 5.16 Å². The summed E-state index contributed by atoms with van der Waals surface area (Å²) in [6, 6.07) is 13.9. The normalized spacial score (nSPS) is 12.0. The predicted molar refractivity (Wildman–Crippen MR) is 90.2 cm³/mol. The van der Waals surface area contributed by atoms with E-state index in [1.54, 1.807) is 37.4 Å². The highest BCUT2D eigenvalue weighted by atomic mass is 16.7. The van der Waals surface area contributed by atoms with Crippen LogP contribution in [0.1, 0.15) is 16.1 Å². The van der Waals surface area contributed by atoms with Gasteiger partial charge in [-0.15, -0.1) is 0 Å². The van der Waals surface area contributed by atoms with Gasteiger partial charge in [0.15, 0.2) is 17.3 Å². The first-order valence-corrected chi connectivity index (χ1v) is 7.90. The molecule has 0 fully saturated rings. The molecule has 0 saturated carbocycles. The van der Waals surface area contributed by atoms with Crippen molar-refractivity contribution in [2.75, 3.05) is 13.9 Å². The Morgan fingerprint density at radius 3 is 2.69 bits per heavy atom. The third kappa shape index (κ3) is 3.19. The van der Waals surface area contributed by atoms with E-state index in [9.17, 15) is 4.79 Å². The van der Waals surface area contributed by atoms with Crippen molar-refractivity contribution in [1.29, 1.82) is 0 Å². The second-order valence-corrected chi connectivity index (χ2v) is 5.56. The highest BCUT2D eigenvalue weighted by Crippen LogP contribution is 2.36. The van der Waals surface area contributed by atoms with Gasteiger partial charge in [0.2, 0.25) is 6.79 Å². The van der Waals surface area contributed by atoms with Crippen LogP contribution < -0.4 is 14.2 Å². The van der Waals surface area contributed by atoms with E-state index in [0.717, 1.165) is 5.56 Å². The van der Waals surface area contributed by atoms with Gasteiger partial charge < -0.3 is 23.5 Å². The van der Waals surface area contributed by atoms with Crippen LogP contribution in [0.3, 0.4) is 0 Å². The molecule has 0 bridgehead atoms. The monoisotopic (exact) mass is 353 g/mol. The van der Waals surface area contributed by atoms with Crippen molar-refractivity contribution in [3.63, 3.8) is 0 Å². The van der Waals surface area contributed by atoms with E-state index >= 15 is 0 Å². The lowest BCUT2D eigenvalue weighted by Crippen LogP contribution is -2.05. The zero-order chi connectivity index (χ0) is 17.9. The first-order valence-electron chi connectivity index (χ1n) is 7.90. The maximum Gasteiger partial charge on any atom is 0.338 e. The van der Waals surface area contributed by atoms with Crippen molar-refractivity contribution in [2.24, 2.45) is 0 Å².